The fraction of sp³-hybridized carbons (Fsp3) is 0.438. The average molecular weight is 287 g/mol. The lowest BCUT2D eigenvalue weighted by atomic mass is 10.0. The first-order valence-corrected chi connectivity index (χ1v) is 7.45. The molecule has 3 N–H and O–H groups in total. The van der Waals surface area contributed by atoms with Crippen LogP contribution in [0.1, 0.15) is 12.0 Å². The van der Waals surface area contributed by atoms with E-state index >= 15 is 0 Å². The Morgan fingerprint density at radius 1 is 1.38 bits per heavy atom. The summed E-state index contributed by atoms with van der Waals surface area (Å²) < 4.78 is 0. The van der Waals surface area contributed by atoms with E-state index < -0.39 is 5.97 Å². The molecule has 112 valence electrons. The van der Waals surface area contributed by atoms with Crippen LogP contribution in [0.2, 0.25) is 0 Å². The summed E-state index contributed by atoms with van der Waals surface area (Å²) in [5, 5.41) is 13.6. The minimum absolute atomic E-state index is 0.213. The van der Waals surface area contributed by atoms with Crippen molar-refractivity contribution < 1.29 is 9.90 Å². The number of aromatic amines is 1. The molecule has 0 aliphatic carbocycles. The Morgan fingerprint density at radius 3 is 3.10 bits per heavy atom. The van der Waals surface area contributed by atoms with E-state index in [1.807, 2.05) is 6.07 Å². The molecule has 1 aromatic carbocycles. The number of para-hydroxylation sites is 1. The van der Waals surface area contributed by atoms with Crippen molar-refractivity contribution in [2.45, 2.75) is 18.9 Å². The Kier molecular flexibility index (Phi) is 4.22. The average Bonchev–Trinajstić information content (AvgIpc) is 2.90. The van der Waals surface area contributed by atoms with E-state index in [9.17, 15) is 4.79 Å². The SMILES string of the molecule is O=C(O)CCN1CCNC[C@@H]1Cc1c[nH]c2ccccc12. The summed E-state index contributed by atoms with van der Waals surface area (Å²) in [6.45, 7) is 3.40. The highest BCUT2D eigenvalue weighted by atomic mass is 16.4. The number of aliphatic carboxylic acids is 1. The first-order valence-electron chi connectivity index (χ1n) is 7.45. The monoisotopic (exact) mass is 287 g/mol. The summed E-state index contributed by atoms with van der Waals surface area (Å²) in [4.78, 5) is 16.4. The lowest BCUT2D eigenvalue weighted by Gasteiger charge is -2.36. The number of benzene rings is 1. The Balaban J connectivity index is 1.73. The maximum Gasteiger partial charge on any atom is 0.304 e. The van der Waals surface area contributed by atoms with Gasteiger partial charge in [0.05, 0.1) is 6.42 Å². The number of carboxylic acids is 1. The number of aromatic nitrogens is 1. The summed E-state index contributed by atoms with van der Waals surface area (Å²) in [6.07, 6.45) is 3.23. The normalized spacial score (nSPS) is 19.9. The maximum absolute atomic E-state index is 10.8. The van der Waals surface area contributed by atoms with Gasteiger partial charge in [0.15, 0.2) is 0 Å². The minimum atomic E-state index is -0.723. The zero-order chi connectivity index (χ0) is 14.7. The molecular formula is C16H21N3O2. The second-order valence-corrected chi connectivity index (χ2v) is 5.60. The van der Waals surface area contributed by atoms with Crippen molar-refractivity contribution in [3.63, 3.8) is 0 Å². The van der Waals surface area contributed by atoms with Gasteiger partial charge in [-0.3, -0.25) is 9.69 Å². The summed E-state index contributed by atoms with van der Waals surface area (Å²) >= 11 is 0. The molecule has 2 aromatic rings. The Labute approximate surface area is 124 Å². The molecule has 1 aliphatic heterocycles. The summed E-state index contributed by atoms with van der Waals surface area (Å²) in [6, 6.07) is 8.67. The molecular weight excluding hydrogens is 266 g/mol. The number of carbonyl (C=O) groups is 1. The van der Waals surface area contributed by atoms with Gasteiger partial charge < -0.3 is 15.4 Å². The van der Waals surface area contributed by atoms with Crippen LogP contribution >= 0.6 is 0 Å². The van der Waals surface area contributed by atoms with Crippen LogP contribution in [0.25, 0.3) is 10.9 Å². The molecule has 0 radical (unpaired) electrons. The van der Waals surface area contributed by atoms with Gasteiger partial charge in [0, 0.05) is 49.3 Å². The molecule has 1 aliphatic rings. The van der Waals surface area contributed by atoms with Crippen LogP contribution in [0.4, 0.5) is 0 Å². The number of fused-ring (bicyclic) bond motifs is 1. The second kappa shape index (κ2) is 6.28. The highest BCUT2D eigenvalue weighted by Gasteiger charge is 2.23. The lowest BCUT2D eigenvalue weighted by molar-refractivity contribution is -0.137. The standard InChI is InChI=1S/C16H21N3O2/c20-16(21)5-7-19-8-6-17-11-13(19)9-12-10-18-15-4-2-1-3-14(12)15/h1-4,10,13,17-18H,5-9,11H2,(H,20,21)/t13-/m0/s1. The van der Waals surface area contributed by atoms with Crippen LogP contribution in [0.15, 0.2) is 30.5 Å². The van der Waals surface area contributed by atoms with E-state index in [0.717, 1.165) is 31.6 Å². The molecule has 0 amide bonds. The van der Waals surface area contributed by atoms with Crippen LogP contribution in [-0.4, -0.2) is 53.2 Å². The van der Waals surface area contributed by atoms with Gasteiger partial charge in [-0.2, -0.15) is 0 Å². The lowest BCUT2D eigenvalue weighted by Crippen LogP contribution is -2.52. The van der Waals surface area contributed by atoms with Crippen LogP contribution < -0.4 is 5.32 Å². The predicted molar refractivity (Wildman–Crippen MR) is 82.5 cm³/mol. The summed E-state index contributed by atoms with van der Waals surface area (Å²) in [5.74, 6) is -0.723. The van der Waals surface area contributed by atoms with E-state index in [-0.39, 0.29) is 6.42 Å². The van der Waals surface area contributed by atoms with Gasteiger partial charge in [-0.1, -0.05) is 18.2 Å². The van der Waals surface area contributed by atoms with Crippen molar-refractivity contribution in [2.24, 2.45) is 0 Å². The molecule has 1 aromatic heterocycles. The van der Waals surface area contributed by atoms with Crippen LogP contribution in [-0.2, 0) is 11.2 Å². The van der Waals surface area contributed by atoms with E-state index in [0.29, 0.717) is 12.6 Å². The van der Waals surface area contributed by atoms with Crippen LogP contribution in [0.5, 0.6) is 0 Å². The first-order chi connectivity index (χ1) is 10.2. The number of carboxylic acid groups (broad SMARTS) is 1. The first kappa shape index (κ1) is 14.1. The van der Waals surface area contributed by atoms with Crippen molar-refractivity contribution in [3.05, 3.63) is 36.0 Å². The Hall–Kier alpha value is -1.85. The predicted octanol–water partition coefficient (Wildman–Crippen LogP) is 1.46. The second-order valence-electron chi connectivity index (χ2n) is 5.60. The zero-order valence-electron chi connectivity index (χ0n) is 12.0. The molecule has 0 unspecified atom stereocenters. The van der Waals surface area contributed by atoms with Gasteiger partial charge >= 0.3 is 5.97 Å². The molecule has 3 rings (SSSR count). The third-order valence-electron chi connectivity index (χ3n) is 4.22. The molecule has 0 bridgehead atoms. The fourth-order valence-corrected chi connectivity index (χ4v) is 3.09. The molecule has 2 heterocycles. The van der Waals surface area contributed by atoms with Crippen LogP contribution in [0.3, 0.4) is 0 Å². The maximum atomic E-state index is 10.8. The number of hydrogen-bond acceptors (Lipinski definition) is 3. The quantitative estimate of drug-likeness (QED) is 0.779. The summed E-state index contributed by atoms with van der Waals surface area (Å²) in [5.41, 5.74) is 2.47. The fourth-order valence-electron chi connectivity index (χ4n) is 3.09. The topological polar surface area (TPSA) is 68.4 Å². The molecule has 0 saturated carbocycles. The number of nitrogens with one attached hydrogen (secondary N) is 2. The van der Waals surface area contributed by atoms with Gasteiger partial charge in [-0.15, -0.1) is 0 Å². The molecule has 1 saturated heterocycles. The van der Waals surface area contributed by atoms with E-state index in [4.69, 9.17) is 5.11 Å². The molecule has 1 fully saturated rings. The highest BCUT2D eigenvalue weighted by molar-refractivity contribution is 5.83. The van der Waals surface area contributed by atoms with Gasteiger partial charge in [-0.25, -0.2) is 0 Å². The minimum Gasteiger partial charge on any atom is -0.481 e. The van der Waals surface area contributed by atoms with Gasteiger partial charge in [-0.05, 0) is 18.1 Å². The third-order valence-corrected chi connectivity index (χ3v) is 4.22. The Morgan fingerprint density at radius 2 is 2.24 bits per heavy atom. The molecule has 0 spiro atoms. The largest absolute Gasteiger partial charge is 0.481 e. The Bertz CT molecular complexity index is 623. The van der Waals surface area contributed by atoms with Crippen molar-refractivity contribution >= 4 is 16.9 Å². The zero-order valence-corrected chi connectivity index (χ0v) is 12.0. The van der Waals surface area contributed by atoms with E-state index in [2.05, 4.69) is 39.6 Å². The van der Waals surface area contributed by atoms with Crippen LogP contribution in [0, 0.1) is 0 Å². The van der Waals surface area contributed by atoms with Gasteiger partial charge in [0.25, 0.3) is 0 Å². The molecule has 5 nitrogen and oxygen atoms in total. The number of rotatable bonds is 5. The van der Waals surface area contributed by atoms with Gasteiger partial charge in [0.2, 0.25) is 0 Å². The van der Waals surface area contributed by atoms with E-state index in [1.54, 1.807) is 0 Å². The third kappa shape index (κ3) is 3.25. The number of piperazine rings is 1. The van der Waals surface area contributed by atoms with Crippen molar-refractivity contribution in [1.82, 2.24) is 15.2 Å². The molecule has 21 heavy (non-hydrogen) atoms. The number of nitrogens with zero attached hydrogens (tertiary/aromatic N) is 1. The number of H-pyrrole nitrogens is 1. The number of hydrogen-bond donors (Lipinski definition) is 3. The molecule has 5 heteroatoms. The summed E-state index contributed by atoms with van der Waals surface area (Å²) in [7, 11) is 0. The van der Waals surface area contributed by atoms with Crippen molar-refractivity contribution in [2.75, 3.05) is 26.2 Å². The van der Waals surface area contributed by atoms with Crippen molar-refractivity contribution in [1.29, 1.82) is 0 Å². The molecule has 1 atom stereocenters. The van der Waals surface area contributed by atoms with Crippen molar-refractivity contribution in [3.8, 4) is 0 Å². The smallest absolute Gasteiger partial charge is 0.304 e. The highest BCUT2D eigenvalue weighted by Crippen LogP contribution is 2.21. The van der Waals surface area contributed by atoms with E-state index in [1.165, 1.54) is 10.9 Å². The van der Waals surface area contributed by atoms with Gasteiger partial charge in [0.1, 0.15) is 0 Å².